The molecule has 0 aliphatic carbocycles. The second-order valence-corrected chi connectivity index (χ2v) is 13.4. The Balaban J connectivity index is 2.19. The first kappa shape index (κ1) is 30.6. The molecule has 208 valence electrons. The van der Waals surface area contributed by atoms with Gasteiger partial charge in [-0.05, 0) is 56.4 Å². The van der Waals surface area contributed by atoms with Gasteiger partial charge in [0.2, 0.25) is 0 Å². The van der Waals surface area contributed by atoms with E-state index < -0.39 is 15.8 Å². The van der Waals surface area contributed by atoms with E-state index in [0.717, 1.165) is 53.6 Å². The minimum Gasteiger partial charge on any atom is -0.464 e. The van der Waals surface area contributed by atoms with Crippen LogP contribution in [0.1, 0.15) is 59.3 Å². The van der Waals surface area contributed by atoms with Crippen molar-refractivity contribution < 1.29 is 22.7 Å². The van der Waals surface area contributed by atoms with Crippen molar-refractivity contribution in [2.24, 2.45) is 5.41 Å². The van der Waals surface area contributed by atoms with E-state index in [1.807, 2.05) is 36.6 Å². The van der Waals surface area contributed by atoms with Crippen LogP contribution in [0.5, 0.6) is 5.75 Å². The predicted molar refractivity (Wildman–Crippen MR) is 159 cm³/mol. The van der Waals surface area contributed by atoms with Crippen molar-refractivity contribution in [3.63, 3.8) is 0 Å². The van der Waals surface area contributed by atoms with Gasteiger partial charge in [-0.15, -0.1) is 11.8 Å². The van der Waals surface area contributed by atoms with Gasteiger partial charge in [0.15, 0.2) is 9.84 Å². The van der Waals surface area contributed by atoms with E-state index in [1.54, 1.807) is 13.0 Å². The van der Waals surface area contributed by atoms with Crippen LogP contribution in [0, 0.1) is 5.41 Å². The van der Waals surface area contributed by atoms with Gasteiger partial charge in [-0.3, -0.25) is 0 Å². The first-order valence-electron chi connectivity index (χ1n) is 13.2. The number of carbonyl (C=O) groups is 1. The largest absolute Gasteiger partial charge is 0.464 e. The summed E-state index contributed by atoms with van der Waals surface area (Å²) >= 11 is 5.00. The quantitative estimate of drug-likeness (QED) is 0.103. The van der Waals surface area contributed by atoms with Gasteiger partial charge in [-0.1, -0.05) is 55.5 Å². The molecule has 1 aliphatic heterocycles. The maximum absolute atomic E-state index is 14.1. The third-order valence-corrected chi connectivity index (χ3v) is 10.1. The second kappa shape index (κ2) is 13.9. The number of hydrogen-bond donors (Lipinski definition) is 0. The highest BCUT2D eigenvalue weighted by Crippen LogP contribution is 2.48. The zero-order chi connectivity index (χ0) is 27.8. The van der Waals surface area contributed by atoms with Gasteiger partial charge in [0, 0.05) is 28.2 Å². The maximum atomic E-state index is 14.1. The van der Waals surface area contributed by atoms with Gasteiger partial charge < -0.3 is 14.4 Å². The van der Waals surface area contributed by atoms with E-state index >= 15 is 0 Å². The van der Waals surface area contributed by atoms with Gasteiger partial charge in [0.05, 0.1) is 40.2 Å². The number of rotatable bonds is 12. The zero-order valence-corrected chi connectivity index (χ0v) is 25.9. The fourth-order valence-corrected chi connectivity index (χ4v) is 7.84. The Bertz CT molecular complexity index is 1220. The number of thioether (sulfide) groups is 1. The lowest BCUT2D eigenvalue weighted by Crippen LogP contribution is -2.38. The number of benzene rings is 2. The van der Waals surface area contributed by atoms with E-state index in [2.05, 4.69) is 34.7 Å². The van der Waals surface area contributed by atoms with E-state index in [-0.39, 0.29) is 22.7 Å². The van der Waals surface area contributed by atoms with Gasteiger partial charge in [0.25, 0.3) is 0 Å². The minimum atomic E-state index is -3.65. The van der Waals surface area contributed by atoms with Crippen molar-refractivity contribution in [1.29, 1.82) is 0 Å². The monoisotopic (exact) mass is 623 g/mol. The van der Waals surface area contributed by atoms with Gasteiger partial charge in [-0.25, -0.2) is 13.2 Å². The van der Waals surface area contributed by atoms with Crippen LogP contribution in [0.15, 0.2) is 63.0 Å². The van der Waals surface area contributed by atoms with Crippen LogP contribution in [0.25, 0.3) is 0 Å². The second-order valence-electron chi connectivity index (χ2n) is 9.67. The molecule has 1 heterocycles. The lowest BCUT2D eigenvalue weighted by molar-refractivity contribution is -0.137. The summed E-state index contributed by atoms with van der Waals surface area (Å²) in [5.74, 6) is -0.0270. The number of ether oxygens (including phenoxy) is 2. The first-order chi connectivity index (χ1) is 18.2. The van der Waals surface area contributed by atoms with Crippen LogP contribution in [-0.2, 0) is 19.4 Å². The molecule has 6 nitrogen and oxygen atoms in total. The molecule has 0 bridgehead atoms. The molecule has 0 aromatic heterocycles. The van der Waals surface area contributed by atoms with Gasteiger partial charge in [0.1, 0.15) is 5.75 Å². The summed E-state index contributed by atoms with van der Waals surface area (Å²) < 4.78 is 39.9. The molecule has 0 fully saturated rings. The van der Waals surface area contributed by atoms with E-state index in [1.165, 1.54) is 24.1 Å². The van der Waals surface area contributed by atoms with Crippen molar-refractivity contribution in [3.8, 4) is 5.75 Å². The highest BCUT2D eigenvalue weighted by Gasteiger charge is 2.42. The Kier molecular flexibility index (Phi) is 11.2. The van der Waals surface area contributed by atoms with E-state index in [0.29, 0.717) is 18.0 Å². The van der Waals surface area contributed by atoms with Crippen LogP contribution in [0.2, 0.25) is 0 Å². The number of halogens is 1. The normalized spacial score (nSPS) is 16.2. The molecule has 0 atom stereocenters. The highest BCUT2D eigenvalue weighted by molar-refractivity contribution is 9.10. The van der Waals surface area contributed by atoms with Crippen molar-refractivity contribution in [2.45, 2.75) is 69.1 Å². The first-order valence-corrected chi connectivity index (χ1v) is 16.8. The molecule has 0 amide bonds. The predicted octanol–water partition coefficient (Wildman–Crippen LogP) is 7.92. The lowest BCUT2D eigenvalue weighted by Gasteiger charge is -2.37. The number of fused-ring (bicyclic) bond motifs is 1. The third kappa shape index (κ3) is 7.57. The summed E-state index contributed by atoms with van der Waals surface area (Å²) in [6.45, 7) is 6.92. The fourth-order valence-electron chi connectivity index (χ4n) is 4.92. The van der Waals surface area contributed by atoms with Crippen LogP contribution < -0.4 is 9.64 Å². The summed E-state index contributed by atoms with van der Waals surface area (Å²) in [6, 6.07) is 11.6. The third-order valence-electron chi connectivity index (χ3n) is 6.81. The lowest BCUT2D eigenvalue weighted by atomic mass is 9.79. The molecule has 0 unspecified atom stereocenters. The van der Waals surface area contributed by atoms with Crippen molar-refractivity contribution >= 4 is 54.9 Å². The van der Waals surface area contributed by atoms with E-state index in [9.17, 15) is 13.2 Å². The van der Waals surface area contributed by atoms with Gasteiger partial charge in [-0.2, -0.15) is 0 Å². The minimum absolute atomic E-state index is 0.0940. The standard InChI is InChI=1S/C29H38BrNO5S2/c1-5-8-15-29(16-9-6-2)20-31(23-12-10-22(30)11-13-23)24-18-26(37-4)25(19-27(24)38(33,34)21-29)36-17-14-28(32)35-7-3/h10-14,17-19H,5-9,15-16,20-21H2,1-4H3/b17-14-. The molecule has 0 saturated carbocycles. The SMILES string of the molecule is CCCCC1(CCCC)CN(c2ccc(Br)cc2)c2cc(SC)c(O/C=C\C(=O)OCC)cc2S(=O)(=O)C1. The number of hydrogen-bond acceptors (Lipinski definition) is 7. The Morgan fingerprint density at radius 1 is 1.11 bits per heavy atom. The number of unbranched alkanes of at least 4 members (excludes halogenated alkanes) is 2. The van der Waals surface area contributed by atoms with Crippen LogP contribution in [0.4, 0.5) is 11.4 Å². The summed E-state index contributed by atoms with van der Waals surface area (Å²) in [6.07, 6.45) is 10.1. The smallest absolute Gasteiger partial charge is 0.333 e. The summed E-state index contributed by atoms with van der Waals surface area (Å²) in [5, 5.41) is 0. The number of carbonyl (C=O) groups excluding carboxylic acids is 1. The highest BCUT2D eigenvalue weighted by atomic mass is 79.9. The molecule has 9 heteroatoms. The molecule has 0 saturated heterocycles. The van der Waals surface area contributed by atoms with Crippen molar-refractivity contribution in [3.05, 3.63) is 53.2 Å². The van der Waals surface area contributed by atoms with Crippen LogP contribution >= 0.6 is 27.7 Å². The molecule has 0 N–H and O–H groups in total. The Morgan fingerprint density at radius 2 is 1.76 bits per heavy atom. The molecule has 0 radical (unpaired) electrons. The topological polar surface area (TPSA) is 72.9 Å². The average molecular weight is 625 g/mol. The average Bonchev–Trinajstić information content (AvgIpc) is 2.98. The van der Waals surface area contributed by atoms with E-state index in [4.69, 9.17) is 9.47 Å². The van der Waals surface area contributed by atoms with Crippen molar-refractivity contribution in [1.82, 2.24) is 0 Å². The summed E-state index contributed by atoms with van der Waals surface area (Å²) in [4.78, 5) is 15.0. The number of anilines is 2. The molecule has 2 aromatic carbocycles. The zero-order valence-electron chi connectivity index (χ0n) is 22.7. The van der Waals surface area contributed by atoms with Crippen LogP contribution in [-0.4, -0.2) is 39.5 Å². The number of esters is 1. The maximum Gasteiger partial charge on any atom is 0.333 e. The summed E-state index contributed by atoms with van der Waals surface area (Å²) in [5.41, 5.74) is 1.24. The van der Waals surface area contributed by atoms with Crippen LogP contribution in [0.3, 0.4) is 0 Å². The Labute approximate surface area is 240 Å². The molecule has 38 heavy (non-hydrogen) atoms. The molecular formula is C29H38BrNO5S2. The molecule has 1 aliphatic rings. The van der Waals surface area contributed by atoms with Gasteiger partial charge >= 0.3 is 5.97 Å². The molecule has 3 rings (SSSR count). The number of sulfone groups is 1. The fraction of sp³-hybridized carbons (Fsp3) is 0.483. The summed E-state index contributed by atoms with van der Waals surface area (Å²) in [7, 11) is -3.65. The Morgan fingerprint density at radius 3 is 2.34 bits per heavy atom. The molecular weight excluding hydrogens is 586 g/mol. The molecule has 0 spiro atoms. The Hall–Kier alpha value is -1.97. The molecule has 2 aromatic rings. The van der Waals surface area contributed by atoms with Crippen molar-refractivity contribution in [2.75, 3.05) is 30.1 Å². The number of nitrogens with zero attached hydrogens (tertiary/aromatic N) is 1.